The van der Waals surface area contributed by atoms with Crippen molar-refractivity contribution < 1.29 is 23.4 Å². The molecule has 5 rings (SSSR count). The number of carbonyl (C=O) groups is 1. The highest BCUT2D eigenvalue weighted by molar-refractivity contribution is 7.80. The molecule has 1 aliphatic rings. The molecule has 4 aromatic rings. The summed E-state index contributed by atoms with van der Waals surface area (Å²) in [5.74, 6) is -1.09. The van der Waals surface area contributed by atoms with E-state index < -0.39 is 23.3 Å². The molecular formula is C31H31N2O5S-. The number of hydrogen-bond acceptors (Lipinski definition) is 4. The molecule has 0 bridgehead atoms. The molecule has 1 fully saturated rings. The number of carboxylic acid groups (broad SMARTS) is 1. The molecule has 4 unspecified atom stereocenters. The van der Waals surface area contributed by atoms with Crippen LogP contribution in [0.5, 0.6) is 0 Å². The molecule has 8 heteroatoms. The molecule has 0 spiro atoms. The van der Waals surface area contributed by atoms with Crippen molar-refractivity contribution in [1.82, 2.24) is 4.98 Å². The fourth-order valence-electron chi connectivity index (χ4n) is 5.33. The van der Waals surface area contributed by atoms with Crippen molar-refractivity contribution in [2.75, 3.05) is 10.9 Å². The predicted molar refractivity (Wildman–Crippen MR) is 151 cm³/mol. The van der Waals surface area contributed by atoms with E-state index in [1.165, 1.54) is 0 Å². The number of aliphatic carboxylic acids is 1. The summed E-state index contributed by atoms with van der Waals surface area (Å²) in [6.07, 6.45) is 5.18. The molecule has 3 aromatic carbocycles. The third-order valence-corrected chi connectivity index (χ3v) is 8.03. The second-order valence-corrected chi connectivity index (χ2v) is 10.6. The first-order valence-electron chi connectivity index (χ1n) is 13.1. The number of aromatic nitrogens is 1. The van der Waals surface area contributed by atoms with E-state index in [0.717, 1.165) is 58.1 Å². The number of carboxylic acids is 1. The Balaban J connectivity index is 1.47. The predicted octanol–water partition coefficient (Wildman–Crippen LogP) is 5.68. The first-order valence-corrected chi connectivity index (χ1v) is 14.1. The molecule has 2 heterocycles. The Morgan fingerprint density at radius 3 is 2.46 bits per heavy atom. The zero-order chi connectivity index (χ0) is 27.2. The Hall–Kier alpha value is -3.72. The van der Waals surface area contributed by atoms with Gasteiger partial charge in [0.1, 0.15) is 6.04 Å². The van der Waals surface area contributed by atoms with Crippen LogP contribution in [0.3, 0.4) is 0 Å². The van der Waals surface area contributed by atoms with Crippen molar-refractivity contribution in [1.29, 1.82) is 0 Å². The maximum atomic E-state index is 12.4. The maximum absolute atomic E-state index is 12.4. The van der Waals surface area contributed by atoms with E-state index in [4.69, 9.17) is 4.74 Å². The van der Waals surface area contributed by atoms with Gasteiger partial charge >= 0.3 is 5.97 Å². The highest BCUT2D eigenvalue weighted by Crippen LogP contribution is 2.35. The minimum absolute atomic E-state index is 0.0466. The average molecular weight is 544 g/mol. The summed E-state index contributed by atoms with van der Waals surface area (Å²) in [6.45, 7) is 0.800. The van der Waals surface area contributed by atoms with Gasteiger partial charge in [0.2, 0.25) is 0 Å². The minimum atomic E-state index is -2.79. The topological polar surface area (TPSA) is 106 Å². The van der Waals surface area contributed by atoms with Crippen LogP contribution >= 0.6 is 0 Å². The van der Waals surface area contributed by atoms with Crippen molar-refractivity contribution >= 4 is 22.9 Å². The van der Waals surface area contributed by atoms with Crippen molar-refractivity contribution in [2.24, 2.45) is 0 Å². The van der Waals surface area contributed by atoms with E-state index >= 15 is 0 Å². The number of hydrogen-bond donors (Lipinski definition) is 2. The van der Waals surface area contributed by atoms with Crippen molar-refractivity contribution in [2.45, 2.75) is 43.7 Å². The molecule has 0 amide bonds. The highest BCUT2D eigenvalue weighted by atomic mass is 32.2. The molecule has 0 saturated carbocycles. The van der Waals surface area contributed by atoms with Crippen molar-refractivity contribution in [3.8, 4) is 11.1 Å². The van der Waals surface area contributed by atoms with Crippen molar-refractivity contribution in [3.05, 3.63) is 114 Å². The standard InChI is InChI=1S/C31H32N2O5S/c34-31(35)30(18-22-8-2-1-3-9-22)33(39(36)37)26-13-5-11-24(20-26)23-10-4-12-25(19-23)28(29-15-6-16-32-29)21-27-14-7-17-38-27/h1-6,8-13,15-16,19-20,27-28,30,32H,7,14,17-18,21H2,(H,34,35)(H,36,37)/p-1. The van der Waals surface area contributed by atoms with Gasteiger partial charge in [-0.05, 0) is 65.8 Å². The van der Waals surface area contributed by atoms with Gasteiger partial charge in [-0.15, -0.1) is 0 Å². The minimum Gasteiger partial charge on any atom is -0.755 e. The lowest BCUT2D eigenvalue weighted by Crippen LogP contribution is -2.44. The number of H-pyrrole nitrogens is 1. The number of nitrogens with one attached hydrogen (secondary N) is 1. The van der Waals surface area contributed by atoms with Crippen LogP contribution in [0, 0.1) is 0 Å². The van der Waals surface area contributed by atoms with Crippen LogP contribution in [0.15, 0.2) is 97.2 Å². The fraction of sp³-hybridized carbons (Fsp3) is 0.258. The van der Waals surface area contributed by atoms with Gasteiger partial charge in [0.05, 0.1) is 6.10 Å². The average Bonchev–Trinajstić information content (AvgIpc) is 3.67. The quantitative estimate of drug-likeness (QED) is 0.237. The van der Waals surface area contributed by atoms with Crippen LogP contribution in [0.1, 0.15) is 42.0 Å². The molecule has 202 valence electrons. The van der Waals surface area contributed by atoms with Gasteiger partial charge in [0, 0.05) is 47.8 Å². The number of anilines is 1. The van der Waals surface area contributed by atoms with Gasteiger partial charge in [-0.2, -0.15) is 0 Å². The van der Waals surface area contributed by atoms with Crippen LogP contribution in [-0.4, -0.2) is 43.6 Å². The molecule has 1 saturated heterocycles. The summed E-state index contributed by atoms with van der Waals surface area (Å²) < 4.78 is 31.6. The van der Waals surface area contributed by atoms with Gasteiger partial charge in [0.15, 0.2) is 0 Å². The number of nitrogens with zero attached hydrogens (tertiary/aromatic N) is 1. The van der Waals surface area contributed by atoms with Gasteiger partial charge in [-0.3, -0.25) is 8.51 Å². The summed E-state index contributed by atoms with van der Waals surface area (Å²) in [4.78, 5) is 15.6. The second kappa shape index (κ2) is 12.4. The molecule has 1 aliphatic heterocycles. The molecular weight excluding hydrogens is 512 g/mol. The van der Waals surface area contributed by atoms with Crippen molar-refractivity contribution in [3.63, 3.8) is 0 Å². The zero-order valence-electron chi connectivity index (χ0n) is 21.4. The monoisotopic (exact) mass is 543 g/mol. The smallest absolute Gasteiger partial charge is 0.327 e. The van der Waals surface area contributed by atoms with Gasteiger partial charge < -0.3 is 19.4 Å². The SMILES string of the molecule is O=C(O)C(Cc1ccccc1)N(c1cccc(-c2cccc(C(CC3CCCO3)c3ccc[nH]3)c2)c1)S(=O)[O-]. The number of ether oxygens (including phenoxy) is 1. The lowest BCUT2D eigenvalue weighted by molar-refractivity contribution is -0.138. The largest absolute Gasteiger partial charge is 0.755 e. The normalized spacial score (nSPS) is 17.4. The molecule has 4 atom stereocenters. The van der Waals surface area contributed by atoms with Crippen LogP contribution < -0.4 is 4.31 Å². The maximum Gasteiger partial charge on any atom is 0.327 e. The third kappa shape index (κ3) is 6.47. The van der Waals surface area contributed by atoms with E-state index in [9.17, 15) is 18.7 Å². The van der Waals surface area contributed by atoms with E-state index in [2.05, 4.69) is 23.2 Å². The summed E-state index contributed by atoms with van der Waals surface area (Å²) in [7, 11) is 0. The number of rotatable bonds is 11. The fourth-order valence-corrected chi connectivity index (χ4v) is 5.99. The molecule has 0 radical (unpaired) electrons. The Labute approximate surface area is 230 Å². The summed E-state index contributed by atoms with van der Waals surface area (Å²) >= 11 is -2.79. The highest BCUT2D eigenvalue weighted by Gasteiger charge is 2.28. The third-order valence-electron chi connectivity index (χ3n) is 7.24. The Morgan fingerprint density at radius 1 is 1.03 bits per heavy atom. The van der Waals surface area contributed by atoms with Gasteiger partial charge in [-0.25, -0.2) is 4.79 Å². The zero-order valence-corrected chi connectivity index (χ0v) is 22.3. The summed E-state index contributed by atoms with van der Waals surface area (Å²) in [5.41, 5.74) is 5.02. The Morgan fingerprint density at radius 2 is 1.79 bits per heavy atom. The lowest BCUT2D eigenvalue weighted by Gasteiger charge is -2.32. The molecule has 7 nitrogen and oxygen atoms in total. The van der Waals surface area contributed by atoms with Crippen LogP contribution in [-0.2, 0) is 27.2 Å². The Kier molecular flexibility index (Phi) is 8.56. The van der Waals surface area contributed by atoms with Crippen LogP contribution in [0.4, 0.5) is 5.69 Å². The summed E-state index contributed by atoms with van der Waals surface area (Å²) in [6, 6.07) is 27.1. The first kappa shape index (κ1) is 26.9. The van der Waals surface area contributed by atoms with E-state index in [-0.39, 0.29) is 18.4 Å². The van der Waals surface area contributed by atoms with Gasteiger partial charge in [-0.1, -0.05) is 66.7 Å². The number of benzene rings is 3. The lowest BCUT2D eigenvalue weighted by atomic mass is 9.88. The second-order valence-electron chi connectivity index (χ2n) is 9.81. The van der Waals surface area contributed by atoms with Gasteiger partial charge in [0.25, 0.3) is 0 Å². The molecule has 39 heavy (non-hydrogen) atoms. The molecule has 1 aromatic heterocycles. The van der Waals surface area contributed by atoms with E-state index in [1.54, 1.807) is 42.5 Å². The van der Waals surface area contributed by atoms with E-state index in [0.29, 0.717) is 5.69 Å². The van der Waals surface area contributed by atoms with Crippen LogP contribution in [0.2, 0.25) is 0 Å². The van der Waals surface area contributed by atoms with Crippen LogP contribution in [0.25, 0.3) is 11.1 Å². The van der Waals surface area contributed by atoms with E-state index in [1.807, 2.05) is 36.5 Å². The number of aromatic amines is 1. The molecule has 0 aliphatic carbocycles. The summed E-state index contributed by atoms with van der Waals surface area (Å²) in [5, 5.41) is 9.98. The Bertz CT molecular complexity index is 1400. The molecule has 2 N–H and O–H groups in total. The first-order chi connectivity index (χ1) is 19.0.